The molecule has 150 valence electrons. The molecule has 2 aromatic rings. The largest absolute Gasteiger partial charge is 0.480 e. The third kappa shape index (κ3) is 4.04. The van der Waals surface area contributed by atoms with Crippen LogP contribution in [-0.4, -0.2) is 46.9 Å². The fourth-order valence-electron chi connectivity index (χ4n) is 3.29. The number of sulfonamides is 1. The van der Waals surface area contributed by atoms with Crippen LogP contribution in [0, 0.1) is 0 Å². The maximum atomic E-state index is 13.2. The highest BCUT2D eigenvalue weighted by Crippen LogP contribution is 2.39. The van der Waals surface area contributed by atoms with Crippen molar-refractivity contribution in [3.8, 4) is 11.1 Å². The van der Waals surface area contributed by atoms with Crippen LogP contribution >= 0.6 is 35.0 Å². The van der Waals surface area contributed by atoms with Gasteiger partial charge in [-0.1, -0.05) is 35.3 Å². The van der Waals surface area contributed by atoms with Crippen LogP contribution in [0.2, 0.25) is 10.0 Å². The third-order valence-corrected chi connectivity index (χ3v) is 8.46. The predicted octanol–water partition coefficient (Wildman–Crippen LogP) is 4.63. The Bertz CT molecular complexity index is 1010. The van der Waals surface area contributed by atoms with E-state index in [4.69, 9.17) is 23.2 Å². The summed E-state index contributed by atoms with van der Waals surface area (Å²) in [7, 11) is -3.96. The van der Waals surface area contributed by atoms with Gasteiger partial charge in [0.2, 0.25) is 10.0 Å². The third-order valence-electron chi connectivity index (χ3n) is 4.67. The van der Waals surface area contributed by atoms with Crippen LogP contribution in [0.15, 0.2) is 47.4 Å². The van der Waals surface area contributed by atoms with Crippen LogP contribution in [0.1, 0.15) is 13.8 Å². The number of carboxylic acid groups (broad SMARTS) is 1. The normalized spacial score (nSPS) is 20.1. The minimum atomic E-state index is -3.96. The molecule has 0 saturated carbocycles. The summed E-state index contributed by atoms with van der Waals surface area (Å²) in [5, 5.41) is 10.7. The number of rotatable bonds is 4. The molecular weight excluding hydrogens is 441 g/mol. The Morgan fingerprint density at radius 3 is 2.43 bits per heavy atom. The van der Waals surface area contributed by atoms with Gasteiger partial charge in [0.25, 0.3) is 0 Å². The van der Waals surface area contributed by atoms with Gasteiger partial charge in [-0.15, -0.1) is 0 Å². The quantitative estimate of drug-likeness (QED) is 0.720. The molecule has 5 nitrogen and oxygen atoms in total. The highest BCUT2D eigenvalue weighted by Gasteiger charge is 2.48. The minimum Gasteiger partial charge on any atom is -0.480 e. The number of aliphatic carboxylic acids is 1. The summed E-state index contributed by atoms with van der Waals surface area (Å²) in [4.78, 5) is 11.9. The average Bonchev–Trinajstić information content (AvgIpc) is 2.62. The van der Waals surface area contributed by atoms with Gasteiger partial charge in [-0.3, -0.25) is 4.79 Å². The Kier molecular flexibility index (Phi) is 6.04. The van der Waals surface area contributed by atoms with Crippen LogP contribution < -0.4 is 0 Å². The Morgan fingerprint density at radius 2 is 1.82 bits per heavy atom. The highest BCUT2D eigenvalue weighted by atomic mass is 35.5. The van der Waals surface area contributed by atoms with Crippen molar-refractivity contribution in [2.75, 3.05) is 12.3 Å². The first-order chi connectivity index (χ1) is 13.0. The summed E-state index contributed by atoms with van der Waals surface area (Å²) >= 11 is 13.7. The summed E-state index contributed by atoms with van der Waals surface area (Å²) in [6.07, 6.45) is 0. The van der Waals surface area contributed by atoms with Crippen molar-refractivity contribution < 1.29 is 18.3 Å². The molecule has 1 aliphatic heterocycles. The number of benzene rings is 2. The van der Waals surface area contributed by atoms with E-state index in [2.05, 4.69) is 0 Å². The molecule has 3 rings (SSSR count). The van der Waals surface area contributed by atoms with Gasteiger partial charge in [-0.2, -0.15) is 16.1 Å². The van der Waals surface area contributed by atoms with Gasteiger partial charge in [0.15, 0.2) is 0 Å². The van der Waals surface area contributed by atoms with Crippen LogP contribution in [0.5, 0.6) is 0 Å². The topological polar surface area (TPSA) is 74.7 Å². The molecule has 9 heteroatoms. The number of carbonyl (C=O) groups is 1. The Hall–Kier alpha value is -1.25. The number of thioether (sulfide) groups is 1. The van der Waals surface area contributed by atoms with E-state index < -0.39 is 26.8 Å². The lowest BCUT2D eigenvalue weighted by molar-refractivity contribution is -0.142. The molecule has 1 aliphatic rings. The smallest absolute Gasteiger partial charge is 0.323 e. The molecular formula is C19H19Cl2NO4S2. The van der Waals surface area contributed by atoms with Gasteiger partial charge in [0.05, 0.1) is 4.90 Å². The summed E-state index contributed by atoms with van der Waals surface area (Å²) in [6, 6.07) is 10.1. The molecule has 1 N–H and O–H groups in total. The first-order valence-corrected chi connectivity index (χ1v) is 11.7. The summed E-state index contributed by atoms with van der Waals surface area (Å²) in [5.74, 6) is -0.616. The van der Waals surface area contributed by atoms with Gasteiger partial charge < -0.3 is 5.11 Å². The fraction of sp³-hybridized carbons (Fsp3) is 0.316. The van der Waals surface area contributed by atoms with E-state index in [1.165, 1.54) is 23.9 Å². The number of hydrogen-bond acceptors (Lipinski definition) is 4. The lowest BCUT2D eigenvalue weighted by Gasteiger charge is -2.42. The van der Waals surface area contributed by atoms with Crippen molar-refractivity contribution in [3.05, 3.63) is 52.5 Å². The zero-order valence-corrected chi connectivity index (χ0v) is 18.4. The van der Waals surface area contributed by atoms with Crippen LogP contribution in [0.25, 0.3) is 11.1 Å². The van der Waals surface area contributed by atoms with E-state index in [1.807, 2.05) is 0 Å². The SMILES string of the molecule is CC1(C)SCCN(S(=O)(=O)c2ccc(-c3cc(Cl)ccc3Cl)cc2)[C@H]1C(=O)O. The maximum absolute atomic E-state index is 13.2. The van der Waals surface area contributed by atoms with Crippen LogP contribution in [-0.2, 0) is 14.8 Å². The molecule has 1 saturated heterocycles. The van der Waals surface area contributed by atoms with Crippen molar-refractivity contribution in [1.82, 2.24) is 4.31 Å². The Balaban J connectivity index is 1.98. The van der Waals surface area contributed by atoms with Crippen molar-refractivity contribution in [3.63, 3.8) is 0 Å². The van der Waals surface area contributed by atoms with Crippen molar-refractivity contribution in [1.29, 1.82) is 0 Å². The first kappa shape index (κ1) is 21.5. The molecule has 1 fully saturated rings. The van der Waals surface area contributed by atoms with Crippen molar-refractivity contribution in [2.45, 2.75) is 29.5 Å². The molecule has 0 unspecified atom stereocenters. The van der Waals surface area contributed by atoms with Crippen LogP contribution in [0.4, 0.5) is 0 Å². The van der Waals surface area contributed by atoms with E-state index >= 15 is 0 Å². The summed E-state index contributed by atoms with van der Waals surface area (Å²) in [5.41, 5.74) is 1.41. The molecule has 0 aliphatic carbocycles. The van der Waals surface area contributed by atoms with Crippen molar-refractivity contribution in [2.24, 2.45) is 0 Å². The standard InChI is InChI=1S/C19H19Cl2NO4S2/c1-19(2)17(18(23)24)22(9-10-27-19)28(25,26)14-6-3-12(4-7-14)15-11-13(20)5-8-16(15)21/h3-8,11,17H,9-10H2,1-2H3,(H,23,24)/t17-/m0/s1. The number of hydrogen-bond donors (Lipinski definition) is 1. The van der Waals surface area contributed by atoms with Gasteiger partial charge in [-0.25, -0.2) is 8.42 Å². The monoisotopic (exact) mass is 459 g/mol. The van der Waals surface area contributed by atoms with E-state index in [-0.39, 0.29) is 11.4 Å². The lowest BCUT2D eigenvalue weighted by Crippen LogP contribution is -2.58. The number of halogens is 2. The summed E-state index contributed by atoms with van der Waals surface area (Å²) in [6.45, 7) is 3.65. The molecule has 0 amide bonds. The molecule has 1 heterocycles. The van der Waals surface area contributed by atoms with Gasteiger partial charge in [0, 0.05) is 32.7 Å². The van der Waals surface area contributed by atoms with E-state index in [0.29, 0.717) is 21.4 Å². The molecule has 0 spiro atoms. The molecule has 2 aromatic carbocycles. The average molecular weight is 460 g/mol. The lowest BCUT2D eigenvalue weighted by atomic mass is 10.0. The maximum Gasteiger partial charge on any atom is 0.323 e. The second-order valence-electron chi connectivity index (χ2n) is 6.96. The van der Waals surface area contributed by atoms with Crippen molar-refractivity contribution >= 4 is 51.0 Å². The second-order valence-corrected chi connectivity index (χ2v) is 11.4. The van der Waals surface area contributed by atoms with Gasteiger partial charge >= 0.3 is 5.97 Å². The molecule has 0 aromatic heterocycles. The summed E-state index contributed by atoms with van der Waals surface area (Å²) < 4.78 is 26.7. The fourth-order valence-corrected chi connectivity index (χ4v) is 6.79. The van der Waals surface area contributed by atoms with E-state index in [1.54, 1.807) is 44.2 Å². The molecule has 0 radical (unpaired) electrons. The zero-order valence-electron chi connectivity index (χ0n) is 15.2. The Labute approximate surface area is 178 Å². The van der Waals surface area contributed by atoms with Gasteiger partial charge in [-0.05, 0) is 49.7 Å². The Morgan fingerprint density at radius 1 is 1.18 bits per heavy atom. The van der Waals surface area contributed by atoms with E-state index in [0.717, 1.165) is 9.87 Å². The van der Waals surface area contributed by atoms with Gasteiger partial charge in [0.1, 0.15) is 6.04 Å². The van der Waals surface area contributed by atoms with Crippen LogP contribution in [0.3, 0.4) is 0 Å². The minimum absolute atomic E-state index is 0.0448. The highest BCUT2D eigenvalue weighted by molar-refractivity contribution is 8.00. The second kappa shape index (κ2) is 7.88. The predicted molar refractivity (Wildman–Crippen MR) is 114 cm³/mol. The molecule has 1 atom stereocenters. The molecule has 0 bridgehead atoms. The van der Waals surface area contributed by atoms with E-state index in [9.17, 15) is 18.3 Å². The molecule has 28 heavy (non-hydrogen) atoms. The zero-order chi connectivity index (χ0) is 20.7. The number of carboxylic acids is 1. The number of nitrogens with zero attached hydrogens (tertiary/aromatic N) is 1. The first-order valence-electron chi connectivity index (χ1n) is 8.48.